The average Bonchev–Trinajstić information content (AvgIpc) is 2.90. The second-order valence-corrected chi connectivity index (χ2v) is 5.78. The lowest BCUT2D eigenvalue weighted by molar-refractivity contribution is -0.134. The number of rotatable bonds is 4. The number of nitrogens with zero attached hydrogens (tertiary/aromatic N) is 3. The number of thiazole rings is 1. The van der Waals surface area contributed by atoms with Crippen LogP contribution in [0.5, 0.6) is 0 Å². The van der Waals surface area contributed by atoms with Gasteiger partial charge in [-0.25, -0.2) is 4.98 Å². The lowest BCUT2D eigenvalue weighted by atomic mass is 10.2. The van der Waals surface area contributed by atoms with Crippen molar-refractivity contribution in [3.63, 3.8) is 0 Å². The van der Waals surface area contributed by atoms with Crippen LogP contribution in [0, 0.1) is 0 Å². The highest BCUT2D eigenvalue weighted by molar-refractivity contribution is 7.15. The summed E-state index contributed by atoms with van der Waals surface area (Å²) in [6.45, 7) is 4.89. The molecule has 2 rings (SSSR count). The fraction of sp³-hybridized carbons (Fsp3) is 0.750. The van der Waals surface area contributed by atoms with E-state index < -0.39 is 11.1 Å². The van der Waals surface area contributed by atoms with Crippen molar-refractivity contribution in [1.82, 2.24) is 9.88 Å². The first kappa shape index (κ1) is 15.5. The standard InChI is InChI=1S/C12H18F3N3OS/c1-2-9(8-19)17-3-5-18(6-4-17)11-16-7-10(20-11)12(13,14)15/h7,9,19H,2-6,8H2,1H3. The Morgan fingerprint density at radius 2 is 2.00 bits per heavy atom. The van der Waals surface area contributed by atoms with Crippen molar-refractivity contribution in [2.75, 3.05) is 37.7 Å². The van der Waals surface area contributed by atoms with Crippen molar-refractivity contribution in [2.45, 2.75) is 25.6 Å². The maximum absolute atomic E-state index is 12.5. The van der Waals surface area contributed by atoms with Gasteiger partial charge in [-0.15, -0.1) is 0 Å². The van der Waals surface area contributed by atoms with E-state index in [1.54, 1.807) is 0 Å². The Hall–Kier alpha value is -0.860. The first-order valence-corrected chi connectivity index (χ1v) is 7.40. The molecule has 1 aliphatic heterocycles. The summed E-state index contributed by atoms with van der Waals surface area (Å²) >= 11 is 0.689. The van der Waals surface area contributed by atoms with Crippen LogP contribution >= 0.6 is 11.3 Å². The molecule has 0 aliphatic carbocycles. The number of aromatic nitrogens is 1. The Balaban J connectivity index is 1.95. The van der Waals surface area contributed by atoms with Crippen LogP contribution in [0.2, 0.25) is 0 Å². The van der Waals surface area contributed by atoms with Crippen LogP contribution in [-0.2, 0) is 6.18 Å². The molecule has 0 saturated carbocycles. The molecule has 4 nitrogen and oxygen atoms in total. The third kappa shape index (κ3) is 3.42. The van der Waals surface area contributed by atoms with Crippen LogP contribution < -0.4 is 4.90 Å². The quantitative estimate of drug-likeness (QED) is 0.924. The fourth-order valence-corrected chi connectivity index (χ4v) is 3.16. The van der Waals surface area contributed by atoms with Crippen molar-refractivity contribution >= 4 is 16.5 Å². The fourth-order valence-electron chi connectivity index (χ4n) is 2.32. The summed E-state index contributed by atoms with van der Waals surface area (Å²) in [5.74, 6) is 0. The third-order valence-corrected chi connectivity index (χ3v) is 4.66. The van der Waals surface area contributed by atoms with Crippen molar-refractivity contribution in [2.24, 2.45) is 0 Å². The Labute approximate surface area is 119 Å². The van der Waals surface area contributed by atoms with Crippen LogP contribution in [0.25, 0.3) is 0 Å². The summed E-state index contributed by atoms with van der Waals surface area (Å²) in [5, 5.41) is 9.69. The minimum absolute atomic E-state index is 0.117. The number of anilines is 1. The molecule has 2 heterocycles. The van der Waals surface area contributed by atoms with E-state index in [2.05, 4.69) is 9.88 Å². The predicted octanol–water partition coefficient (Wildman–Crippen LogP) is 2.05. The second kappa shape index (κ2) is 6.28. The van der Waals surface area contributed by atoms with E-state index in [-0.39, 0.29) is 12.6 Å². The van der Waals surface area contributed by atoms with Gasteiger partial charge in [0.15, 0.2) is 5.13 Å². The molecule has 0 bridgehead atoms. The van der Waals surface area contributed by atoms with Crippen molar-refractivity contribution in [1.29, 1.82) is 0 Å². The summed E-state index contributed by atoms with van der Waals surface area (Å²) < 4.78 is 37.6. The average molecular weight is 309 g/mol. The summed E-state index contributed by atoms with van der Waals surface area (Å²) in [6, 6.07) is 0.138. The first-order valence-electron chi connectivity index (χ1n) is 6.58. The number of alkyl halides is 3. The van der Waals surface area contributed by atoms with Gasteiger partial charge >= 0.3 is 6.18 Å². The molecule has 1 N–H and O–H groups in total. The molecule has 1 saturated heterocycles. The van der Waals surface area contributed by atoms with Gasteiger partial charge < -0.3 is 10.0 Å². The lowest BCUT2D eigenvalue weighted by Crippen LogP contribution is -2.51. The molecular formula is C12H18F3N3OS. The number of hydrogen-bond donors (Lipinski definition) is 1. The van der Waals surface area contributed by atoms with Crippen molar-refractivity contribution in [3.05, 3.63) is 11.1 Å². The molecule has 20 heavy (non-hydrogen) atoms. The van der Waals surface area contributed by atoms with Crippen molar-refractivity contribution in [3.8, 4) is 0 Å². The van der Waals surface area contributed by atoms with E-state index in [0.29, 0.717) is 29.6 Å². The highest BCUT2D eigenvalue weighted by atomic mass is 32.1. The van der Waals surface area contributed by atoms with Crippen LogP contribution in [0.4, 0.5) is 18.3 Å². The predicted molar refractivity (Wildman–Crippen MR) is 72.1 cm³/mol. The van der Waals surface area contributed by atoms with Gasteiger partial charge in [-0.2, -0.15) is 13.2 Å². The summed E-state index contributed by atoms with van der Waals surface area (Å²) in [5.41, 5.74) is 0. The van der Waals surface area contributed by atoms with E-state index in [1.807, 2.05) is 11.8 Å². The molecule has 1 aromatic heterocycles. The van der Waals surface area contributed by atoms with E-state index in [1.165, 1.54) is 0 Å². The molecule has 0 aromatic carbocycles. The number of halogens is 3. The molecule has 1 fully saturated rings. The Morgan fingerprint density at radius 3 is 2.45 bits per heavy atom. The summed E-state index contributed by atoms with van der Waals surface area (Å²) in [6.07, 6.45) is -2.55. The molecular weight excluding hydrogens is 291 g/mol. The van der Waals surface area contributed by atoms with Crippen molar-refractivity contribution < 1.29 is 18.3 Å². The highest BCUT2D eigenvalue weighted by Crippen LogP contribution is 2.36. The molecule has 114 valence electrons. The molecule has 1 aromatic rings. The van der Waals surface area contributed by atoms with E-state index in [0.717, 1.165) is 25.7 Å². The number of aliphatic hydroxyl groups excluding tert-OH is 1. The lowest BCUT2D eigenvalue weighted by Gasteiger charge is -2.38. The van der Waals surface area contributed by atoms with E-state index in [9.17, 15) is 18.3 Å². The van der Waals surface area contributed by atoms with Gasteiger partial charge in [-0.05, 0) is 6.42 Å². The number of hydrogen-bond acceptors (Lipinski definition) is 5. The summed E-state index contributed by atoms with van der Waals surface area (Å²) in [7, 11) is 0. The topological polar surface area (TPSA) is 39.6 Å². The molecule has 1 unspecified atom stereocenters. The van der Waals surface area contributed by atoms with Gasteiger partial charge in [0.1, 0.15) is 4.88 Å². The maximum Gasteiger partial charge on any atom is 0.427 e. The Kier molecular flexibility index (Phi) is 4.87. The zero-order valence-electron chi connectivity index (χ0n) is 11.2. The van der Waals surface area contributed by atoms with E-state index >= 15 is 0 Å². The van der Waals surface area contributed by atoms with Gasteiger partial charge in [0, 0.05) is 32.2 Å². The molecule has 0 radical (unpaired) electrons. The molecule has 0 amide bonds. The Morgan fingerprint density at radius 1 is 1.35 bits per heavy atom. The number of aliphatic hydroxyl groups is 1. The van der Waals surface area contributed by atoms with E-state index in [4.69, 9.17) is 0 Å². The van der Waals surface area contributed by atoms with Gasteiger partial charge in [0.05, 0.1) is 12.8 Å². The molecule has 8 heteroatoms. The van der Waals surface area contributed by atoms with Gasteiger partial charge in [-0.3, -0.25) is 4.90 Å². The normalized spacial score (nSPS) is 19.4. The minimum Gasteiger partial charge on any atom is -0.395 e. The third-order valence-electron chi connectivity index (χ3n) is 3.56. The van der Waals surface area contributed by atoms with Crippen LogP contribution in [0.1, 0.15) is 18.2 Å². The van der Waals surface area contributed by atoms with Crippen LogP contribution in [0.3, 0.4) is 0 Å². The van der Waals surface area contributed by atoms with Crippen LogP contribution in [0.15, 0.2) is 6.20 Å². The molecule has 1 aliphatic rings. The van der Waals surface area contributed by atoms with Gasteiger partial charge in [-0.1, -0.05) is 18.3 Å². The first-order chi connectivity index (χ1) is 9.45. The monoisotopic (exact) mass is 309 g/mol. The smallest absolute Gasteiger partial charge is 0.395 e. The Bertz CT molecular complexity index is 426. The highest BCUT2D eigenvalue weighted by Gasteiger charge is 2.34. The zero-order valence-corrected chi connectivity index (χ0v) is 12.0. The maximum atomic E-state index is 12.5. The largest absolute Gasteiger partial charge is 0.427 e. The molecule has 1 atom stereocenters. The number of piperazine rings is 1. The van der Waals surface area contributed by atoms with Gasteiger partial charge in [0.25, 0.3) is 0 Å². The van der Waals surface area contributed by atoms with Gasteiger partial charge in [0.2, 0.25) is 0 Å². The zero-order chi connectivity index (χ0) is 14.8. The van der Waals surface area contributed by atoms with Crippen LogP contribution in [-0.4, -0.2) is 53.8 Å². The molecule has 0 spiro atoms. The second-order valence-electron chi connectivity index (χ2n) is 4.77. The SMILES string of the molecule is CCC(CO)N1CCN(c2ncc(C(F)(F)F)s2)CC1. The summed E-state index contributed by atoms with van der Waals surface area (Å²) in [4.78, 5) is 7.27. The minimum atomic E-state index is -4.32.